The SMILES string of the molecule is Cl.O=S(=O)(C1CC1)N1CC2CNCC2C1. The third-order valence-corrected chi connectivity index (χ3v) is 5.99. The summed E-state index contributed by atoms with van der Waals surface area (Å²) >= 11 is 0. The van der Waals surface area contributed by atoms with Gasteiger partial charge in [0.1, 0.15) is 0 Å². The first-order valence-corrected chi connectivity index (χ1v) is 6.88. The number of nitrogens with one attached hydrogen (secondary N) is 1. The van der Waals surface area contributed by atoms with Gasteiger partial charge in [0.15, 0.2) is 0 Å². The van der Waals surface area contributed by atoms with Crippen molar-refractivity contribution in [1.29, 1.82) is 0 Å². The molecule has 0 amide bonds. The second-order valence-electron chi connectivity index (χ2n) is 4.74. The summed E-state index contributed by atoms with van der Waals surface area (Å²) < 4.78 is 25.6. The third-order valence-electron chi connectivity index (χ3n) is 3.66. The molecule has 2 aliphatic heterocycles. The van der Waals surface area contributed by atoms with Crippen LogP contribution in [0.25, 0.3) is 0 Å². The summed E-state index contributed by atoms with van der Waals surface area (Å²) in [6.45, 7) is 3.52. The van der Waals surface area contributed by atoms with Gasteiger partial charge >= 0.3 is 0 Å². The number of hydrogen-bond donors (Lipinski definition) is 1. The molecule has 0 aromatic rings. The Morgan fingerprint density at radius 2 is 1.60 bits per heavy atom. The molecule has 2 atom stereocenters. The van der Waals surface area contributed by atoms with Crippen LogP contribution >= 0.6 is 12.4 Å². The van der Waals surface area contributed by atoms with Gasteiger partial charge in [-0.15, -0.1) is 12.4 Å². The second kappa shape index (κ2) is 3.87. The van der Waals surface area contributed by atoms with E-state index in [1.54, 1.807) is 4.31 Å². The van der Waals surface area contributed by atoms with Crippen molar-refractivity contribution in [3.63, 3.8) is 0 Å². The molecule has 2 unspecified atom stereocenters. The van der Waals surface area contributed by atoms with Crippen LogP contribution < -0.4 is 5.32 Å². The van der Waals surface area contributed by atoms with Crippen molar-refractivity contribution in [1.82, 2.24) is 9.62 Å². The molecule has 0 aromatic heterocycles. The maximum absolute atomic E-state index is 11.9. The summed E-state index contributed by atoms with van der Waals surface area (Å²) in [5, 5.41) is 3.29. The average molecular weight is 253 g/mol. The Morgan fingerprint density at radius 1 is 1.07 bits per heavy atom. The molecular weight excluding hydrogens is 236 g/mol. The lowest BCUT2D eigenvalue weighted by Gasteiger charge is -2.16. The zero-order valence-electron chi connectivity index (χ0n) is 8.55. The zero-order valence-corrected chi connectivity index (χ0v) is 10.2. The average Bonchev–Trinajstić information content (AvgIpc) is 2.75. The van der Waals surface area contributed by atoms with E-state index in [2.05, 4.69) is 5.32 Å². The van der Waals surface area contributed by atoms with Crippen LogP contribution in [0.3, 0.4) is 0 Å². The molecule has 3 rings (SSSR count). The first-order chi connectivity index (χ1) is 6.68. The molecule has 0 aromatic carbocycles. The van der Waals surface area contributed by atoms with Crippen molar-refractivity contribution in [2.45, 2.75) is 18.1 Å². The molecule has 2 heterocycles. The van der Waals surface area contributed by atoms with Crippen LogP contribution in [0.5, 0.6) is 0 Å². The van der Waals surface area contributed by atoms with Gasteiger partial charge in [-0.3, -0.25) is 0 Å². The normalized spacial score (nSPS) is 36.3. The van der Waals surface area contributed by atoms with E-state index in [4.69, 9.17) is 0 Å². The van der Waals surface area contributed by atoms with E-state index in [0.717, 1.165) is 39.0 Å². The molecular formula is C9H17ClN2O2S. The van der Waals surface area contributed by atoms with Crippen LogP contribution in [0.4, 0.5) is 0 Å². The van der Waals surface area contributed by atoms with Crippen molar-refractivity contribution < 1.29 is 8.42 Å². The molecule has 3 aliphatic rings. The van der Waals surface area contributed by atoms with E-state index in [0.29, 0.717) is 11.8 Å². The quantitative estimate of drug-likeness (QED) is 0.756. The highest BCUT2D eigenvalue weighted by Gasteiger charge is 2.46. The van der Waals surface area contributed by atoms with Crippen LogP contribution in [0.15, 0.2) is 0 Å². The lowest BCUT2D eigenvalue weighted by Crippen LogP contribution is -2.34. The van der Waals surface area contributed by atoms with E-state index < -0.39 is 10.0 Å². The van der Waals surface area contributed by atoms with Gasteiger partial charge in [-0.25, -0.2) is 12.7 Å². The summed E-state index contributed by atoms with van der Waals surface area (Å²) in [4.78, 5) is 0. The Bertz CT molecular complexity index is 330. The summed E-state index contributed by atoms with van der Waals surface area (Å²) in [6, 6.07) is 0. The predicted octanol–water partition coefficient (Wildman–Crippen LogP) is 0.0516. The molecule has 88 valence electrons. The molecule has 1 aliphatic carbocycles. The fraction of sp³-hybridized carbons (Fsp3) is 1.00. The van der Waals surface area contributed by atoms with Gasteiger partial charge in [0.05, 0.1) is 5.25 Å². The topological polar surface area (TPSA) is 49.4 Å². The molecule has 0 radical (unpaired) electrons. The molecule has 15 heavy (non-hydrogen) atoms. The van der Waals surface area contributed by atoms with Crippen LogP contribution in [-0.2, 0) is 10.0 Å². The fourth-order valence-corrected chi connectivity index (χ4v) is 4.55. The van der Waals surface area contributed by atoms with Gasteiger partial charge in [0, 0.05) is 13.1 Å². The molecule has 3 fully saturated rings. The van der Waals surface area contributed by atoms with Crippen LogP contribution in [0.1, 0.15) is 12.8 Å². The number of hydrogen-bond acceptors (Lipinski definition) is 3. The number of halogens is 1. The monoisotopic (exact) mass is 252 g/mol. The lowest BCUT2D eigenvalue weighted by molar-refractivity contribution is 0.447. The Labute approximate surface area is 96.9 Å². The summed E-state index contributed by atoms with van der Waals surface area (Å²) in [5.74, 6) is 1.15. The summed E-state index contributed by atoms with van der Waals surface area (Å²) in [5.41, 5.74) is 0. The minimum absolute atomic E-state index is 0. The van der Waals surface area contributed by atoms with Gasteiger partial charge in [-0.2, -0.15) is 0 Å². The largest absolute Gasteiger partial charge is 0.316 e. The van der Waals surface area contributed by atoms with E-state index in [1.807, 2.05) is 0 Å². The van der Waals surface area contributed by atoms with Gasteiger partial charge < -0.3 is 5.32 Å². The Hall–Kier alpha value is 0.160. The predicted molar refractivity (Wildman–Crippen MR) is 60.6 cm³/mol. The number of rotatable bonds is 2. The molecule has 4 nitrogen and oxygen atoms in total. The Morgan fingerprint density at radius 3 is 2.07 bits per heavy atom. The molecule has 1 N–H and O–H groups in total. The standard InChI is InChI=1S/C9H16N2O2S.ClH/c12-14(13,9-1-2-9)11-5-7-3-10-4-8(7)6-11;/h7-10H,1-6H2;1H. The Balaban J connectivity index is 0.000000853. The van der Waals surface area contributed by atoms with E-state index in [9.17, 15) is 8.42 Å². The van der Waals surface area contributed by atoms with Gasteiger partial charge in [-0.05, 0) is 37.8 Å². The van der Waals surface area contributed by atoms with Crippen molar-refractivity contribution in [3.8, 4) is 0 Å². The van der Waals surface area contributed by atoms with Crippen molar-refractivity contribution in [3.05, 3.63) is 0 Å². The maximum atomic E-state index is 11.9. The minimum Gasteiger partial charge on any atom is -0.316 e. The maximum Gasteiger partial charge on any atom is 0.217 e. The van der Waals surface area contributed by atoms with Crippen molar-refractivity contribution >= 4 is 22.4 Å². The van der Waals surface area contributed by atoms with Crippen molar-refractivity contribution in [2.24, 2.45) is 11.8 Å². The fourth-order valence-electron chi connectivity index (χ4n) is 2.60. The number of fused-ring (bicyclic) bond motifs is 1. The lowest BCUT2D eigenvalue weighted by atomic mass is 10.0. The van der Waals surface area contributed by atoms with Crippen LogP contribution in [-0.4, -0.2) is 44.2 Å². The first kappa shape index (κ1) is 11.6. The first-order valence-electron chi connectivity index (χ1n) is 5.37. The van der Waals surface area contributed by atoms with Gasteiger partial charge in [0.25, 0.3) is 0 Å². The highest BCUT2D eigenvalue weighted by molar-refractivity contribution is 7.90. The third kappa shape index (κ3) is 1.90. The molecule has 6 heteroatoms. The molecule has 0 bridgehead atoms. The van der Waals surface area contributed by atoms with Gasteiger partial charge in [-0.1, -0.05) is 0 Å². The van der Waals surface area contributed by atoms with E-state index in [1.165, 1.54) is 0 Å². The highest BCUT2D eigenvalue weighted by Crippen LogP contribution is 2.36. The van der Waals surface area contributed by atoms with Crippen LogP contribution in [0.2, 0.25) is 0 Å². The molecule has 1 saturated carbocycles. The minimum atomic E-state index is -2.90. The molecule has 2 saturated heterocycles. The smallest absolute Gasteiger partial charge is 0.217 e. The molecule has 0 spiro atoms. The second-order valence-corrected chi connectivity index (χ2v) is 6.95. The number of sulfonamides is 1. The summed E-state index contributed by atoms with van der Waals surface area (Å²) in [6.07, 6.45) is 1.76. The zero-order chi connectivity index (χ0) is 9.76. The van der Waals surface area contributed by atoms with Gasteiger partial charge in [0.2, 0.25) is 10.0 Å². The van der Waals surface area contributed by atoms with E-state index >= 15 is 0 Å². The van der Waals surface area contributed by atoms with E-state index in [-0.39, 0.29) is 17.7 Å². The Kier molecular flexibility index (Phi) is 3.01. The summed E-state index contributed by atoms with van der Waals surface area (Å²) in [7, 11) is -2.90. The number of nitrogens with zero attached hydrogens (tertiary/aromatic N) is 1. The van der Waals surface area contributed by atoms with Crippen molar-refractivity contribution in [2.75, 3.05) is 26.2 Å². The van der Waals surface area contributed by atoms with Crippen LogP contribution in [0, 0.1) is 11.8 Å². The highest BCUT2D eigenvalue weighted by atomic mass is 35.5.